The molecule has 0 atom stereocenters. The Bertz CT molecular complexity index is 625. The van der Waals surface area contributed by atoms with Gasteiger partial charge in [0.15, 0.2) is 0 Å². The van der Waals surface area contributed by atoms with Gasteiger partial charge in [-0.25, -0.2) is 4.39 Å². The van der Waals surface area contributed by atoms with E-state index in [1.54, 1.807) is 11.0 Å². The maximum absolute atomic E-state index is 14.3. The molecule has 0 radical (unpaired) electrons. The van der Waals surface area contributed by atoms with Crippen LogP contribution in [0.3, 0.4) is 0 Å². The number of fused-ring (bicyclic) bond motifs is 1. The van der Waals surface area contributed by atoms with Crippen LogP contribution in [-0.2, 0) is 11.2 Å². The van der Waals surface area contributed by atoms with Crippen molar-refractivity contribution in [2.24, 2.45) is 5.92 Å². The Morgan fingerprint density at radius 2 is 2.09 bits per heavy atom. The molecule has 0 aromatic heterocycles. The van der Waals surface area contributed by atoms with E-state index >= 15 is 0 Å². The topological polar surface area (TPSA) is 61.4 Å². The summed E-state index contributed by atoms with van der Waals surface area (Å²) in [5, 5.41) is 5.82. The van der Waals surface area contributed by atoms with Crippen molar-refractivity contribution in [3.05, 3.63) is 29.1 Å². The predicted octanol–water partition coefficient (Wildman–Crippen LogP) is 1.78. The lowest BCUT2D eigenvalue weighted by atomic mass is 9.95. The summed E-state index contributed by atoms with van der Waals surface area (Å²) in [7, 11) is 1.93. The first-order valence-corrected chi connectivity index (χ1v) is 8.14. The van der Waals surface area contributed by atoms with Crippen LogP contribution in [0.1, 0.15) is 35.2 Å². The zero-order valence-corrected chi connectivity index (χ0v) is 13.3. The van der Waals surface area contributed by atoms with E-state index in [-0.39, 0.29) is 17.4 Å². The predicted molar refractivity (Wildman–Crippen MR) is 85.9 cm³/mol. The van der Waals surface area contributed by atoms with Crippen molar-refractivity contribution in [2.45, 2.75) is 25.7 Å². The molecule has 124 valence electrons. The lowest BCUT2D eigenvalue weighted by Gasteiger charge is -2.32. The van der Waals surface area contributed by atoms with Gasteiger partial charge >= 0.3 is 0 Å². The number of hydrogen-bond acceptors (Lipinski definition) is 3. The van der Waals surface area contributed by atoms with E-state index in [1.165, 1.54) is 6.07 Å². The van der Waals surface area contributed by atoms with Gasteiger partial charge in [0.1, 0.15) is 5.82 Å². The number of hydrogen-bond donors (Lipinski definition) is 2. The van der Waals surface area contributed by atoms with Crippen molar-refractivity contribution in [2.75, 3.05) is 32.0 Å². The molecule has 2 N–H and O–H groups in total. The minimum absolute atomic E-state index is 0.109. The van der Waals surface area contributed by atoms with E-state index < -0.39 is 5.82 Å². The van der Waals surface area contributed by atoms with Gasteiger partial charge in [-0.1, -0.05) is 0 Å². The molecule has 1 aromatic rings. The summed E-state index contributed by atoms with van der Waals surface area (Å²) in [5.41, 5.74) is 1.44. The second kappa shape index (κ2) is 6.66. The van der Waals surface area contributed by atoms with Crippen LogP contribution < -0.4 is 10.6 Å². The second-order valence-corrected chi connectivity index (χ2v) is 6.33. The van der Waals surface area contributed by atoms with Gasteiger partial charge in [-0.15, -0.1) is 0 Å². The number of carbonyl (C=O) groups excluding carboxylic acids is 2. The Hall–Kier alpha value is -1.95. The van der Waals surface area contributed by atoms with Crippen LogP contribution in [0.4, 0.5) is 10.1 Å². The van der Waals surface area contributed by atoms with Crippen molar-refractivity contribution in [3.63, 3.8) is 0 Å². The molecule has 23 heavy (non-hydrogen) atoms. The third-order valence-electron chi connectivity index (χ3n) is 4.71. The maximum Gasteiger partial charge on any atom is 0.256 e. The van der Waals surface area contributed by atoms with Gasteiger partial charge in [-0.05, 0) is 56.5 Å². The van der Waals surface area contributed by atoms with Crippen molar-refractivity contribution in [3.8, 4) is 0 Å². The van der Waals surface area contributed by atoms with E-state index in [9.17, 15) is 14.0 Å². The third-order valence-corrected chi connectivity index (χ3v) is 4.71. The second-order valence-electron chi connectivity index (χ2n) is 6.33. The van der Waals surface area contributed by atoms with Crippen LogP contribution >= 0.6 is 0 Å². The normalized spacial score (nSPS) is 18.5. The molecular formula is C17H22FN3O2. The number of piperidine rings is 1. The van der Waals surface area contributed by atoms with Gasteiger partial charge in [0, 0.05) is 25.2 Å². The molecule has 3 rings (SSSR count). The molecule has 0 saturated carbocycles. The van der Waals surface area contributed by atoms with Gasteiger partial charge < -0.3 is 15.5 Å². The Morgan fingerprint density at radius 3 is 2.78 bits per heavy atom. The number of likely N-dealkylation sites (tertiary alicyclic amines) is 1. The quantitative estimate of drug-likeness (QED) is 0.893. The highest BCUT2D eigenvalue weighted by atomic mass is 19.1. The van der Waals surface area contributed by atoms with Gasteiger partial charge in [-0.3, -0.25) is 9.59 Å². The number of nitrogens with zero attached hydrogens (tertiary/aromatic N) is 1. The van der Waals surface area contributed by atoms with Gasteiger partial charge in [0.05, 0.1) is 5.56 Å². The molecule has 0 bridgehead atoms. The van der Waals surface area contributed by atoms with E-state index in [0.29, 0.717) is 37.5 Å². The molecule has 1 fully saturated rings. The summed E-state index contributed by atoms with van der Waals surface area (Å²) >= 11 is 0. The molecule has 1 saturated heterocycles. The number of nitrogens with one attached hydrogen (secondary N) is 2. The lowest BCUT2D eigenvalue weighted by Crippen LogP contribution is -2.40. The average molecular weight is 319 g/mol. The van der Waals surface area contributed by atoms with E-state index in [4.69, 9.17) is 0 Å². The number of aryl methyl sites for hydroxylation is 1. The largest absolute Gasteiger partial charge is 0.339 e. The molecule has 0 aliphatic carbocycles. The third kappa shape index (κ3) is 3.37. The summed E-state index contributed by atoms with van der Waals surface area (Å²) in [4.78, 5) is 25.7. The fourth-order valence-corrected chi connectivity index (χ4v) is 3.37. The Balaban J connectivity index is 1.74. The van der Waals surface area contributed by atoms with Crippen LogP contribution in [0.5, 0.6) is 0 Å². The number of carbonyl (C=O) groups is 2. The summed E-state index contributed by atoms with van der Waals surface area (Å²) in [6, 6.07) is 2.87. The molecule has 2 aliphatic heterocycles. The standard InChI is InChI=1S/C17H22FN3O2/c1-19-10-11-4-6-21(7-5-11)17(23)13-8-12-2-3-16(22)20-15(12)9-14(13)18/h8-9,11,19H,2-7,10H2,1H3,(H,20,22). The molecule has 2 aliphatic rings. The first kappa shape index (κ1) is 15.9. The molecule has 2 heterocycles. The SMILES string of the molecule is CNCC1CCN(C(=O)c2cc3c(cc2F)NC(=O)CC3)CC1. The zero-order chi connectivity index (χ0) is 16.4. The van der Waals surface area contributed by atoms with Crippen molar-refractivity contribution >= 4 is 17.5 Å². The van der Waals surface area contributed by atoms with Crippen molar-refractivity contribution in [1.29, 1.82) is 0 Å². The van der Waals surface area contributed by atoms with Crippen molar-refractivity contribution < 1.29 is 14.0 Å². The van der Waals surface area contributed by atoms with Crippen LogP contribution in [-0.4, -0.2) is 43.4 Å². The highest BCUT2D eigenvalue weighted by Gasteiger charge is 2.27. The number of halogens is 1. The first-order chi connectivity index (χ1) is 11.1. The Labute approximate surface area is 135 Å². The average Bonchev–Trinajstić information content (AvgIpc) is 2.54. The molecule has 5 nitrogen and oxygen atoms in total. The summed E-state index contributed by atoms with van der Waals surface area (Å²) < 4.78 is 14.3. The highest BCUT2D eigenvalue weighted by molar-refractivity contribution is 5.98. The van der Waals surface area contributed by atoms with Gasteiger partial charge in [0.25, 0.3) is 5.91 Å². The Kier molecular flexibility index (Phi) is 4.61. The number of benzene rings is 1. The smallest absolute Gasteiger partial charge is 0.256 e. The monoisotopic (exact) mass is 319 g/mol. The van der Waals surface area contributed by atoms with Gasteiger partial charge in [0.2, 0.25) is 5.91 Å². The number of rotatable bonds is 3. The molecule has 6 heteroatoms. The van der Waals surface area contributed by atoms with E-state index in [1.807, 2.05) is 7.05 Å². The molecule has 2 amide bonds. The zero-order valence-electron chi connectivity index (χ0n) is 13.3. The highest BCUT2D eigenvalue weighted by Crippen LogP contribution is 2.27. The van der Waals surface area contributed by atoms with E-state index in [0.717, 1.165) is 24.9 Å². The first-order valence-electron chi connectivity index (χ1n) is 8.14. The summed E-state index contributed by atoms with van der Waals surface area (Å²) in [5.74, 6) is -0.339. The Morgan fingerprint density at radius 1 is 1.35 bits per heavy atom. The lowest BCUT2D eigenvalue weighted by molar-refractivity contribution is -0.116. The van der Waals surface area contributed by atoms with Gasteiger partial charge in [-0.2, -0.15) is 0 Å². The summed E-state index contributed by atoms with van der Waals surface area (Å²) in [6.45, 7) is 2.28. The van der Waals surface area contributed by atoms with E-state index in [2.05, 4.69) is 10.6 Å². The summed E-state index contributed by atoms with van der Waals surface area (Å²) in [6.07, 6.45) is 2.80. The minimum Gasteiger partial charge on any atom is -0.339 e. The molecule has 0 unspecified atom stereocenters. The fourth-order valence-electron chi connectivity index (χ4n) is 3.37. The molecular weight excluding hydrogens is 297 g/mol. The fraction of sp³-hybridized carbons (Fsp3) is 0.529. The van der Waals surface area contributed by atoms with Crippen LogP contribution in [0.2, 0.25) is 0 Å². The molecule has 0 spiro atoms. The number of amides is 2. The van der Waals surface area contributed by atoms with Crippen LogP contribution in [0.15, 0.2) is 12.1 Å². The number of anilines is 1. The molecule has 1 aromatic carbocycles. The maximum atomic E-state index is 14.3. The van der Waals surface area contributed by atoms with Crippen LogP contribution in [0.25, 0.3) is 0 Å². The minimum atomic E-state index is -0.562. The van der Waals surface area contributed by atoms with Crippen LogP contribution in [0, 0.1) is 11.7 Å². The van der Waals surface area contributed by atoms with Crippen molar-refractivity contribution in [1.82, 2.24) is 10.2 Å².